The summed E-state index contributed by atoms with van der Waals surface area (Å²) in [6.45, 7) is 2.35. The molecule has 2 heterocycles. The predicted octanol–water partition coefficient (Wildman–Crippen LogP) is 4.23. The maximum absolute atomic E-state index is 12.4. The van der Waals surface area contributed by atoms with Crippen molar-refractivity contribution in [2.45, 2.75) is 18.5 Å². The average Bonchev–Trinajstić information content (AvgIpc) is 2.96. The highest BCUT2D eigenvalue weighted by molar-refractivity contribution is 7.99. The number of benzene rings is 2. The van der Waals surface area contributed by atoms with E-state index < -0.39 is 0 Å². The van der Waals surface area contributed by atoms with Crippen LogP contribution in [0.15, 0.2) is 65.8 Å². The molecule has 6 heteroatoms. The monoisotopic (exact) mass is 389 g/mol. The molecule has 2 aromatic carbocycles. The number of rotatable bonds is 6. The van der Waals surface area contributed by atoms with E-state index in [0.29, 0.717) is 29.2 Å². The van der Waals surface area contributed by atoms with Crippen LogP contribution < -0.4 is 0 Å². The van der Waals surface area contributed by atoms with Gasteiger partial charge >= 0.3 is 0 Å². The lowest BCUT2D eigenvalue weighted by molar-refractivity contribution is 0.0655. The van der Waals surface area contributed by atoms with E-state index in [-0.39, 0.29) is 11.8 Å². The number of aryl methyl sites for hydroxylation is 1. The average molecular weight is 389 g/mol. The summed E-state index contributed by atoms with van der Waals surface area (Å²) in [5.41, 5.74) is 3.86. The number of carbonyl (C=O) groups is 2. The number of hydrogen-bond donors (Lipinski definition) is 0. The van der Waals surface area contributed by atoms with Gasteiger partial charge in [-0.2, -0.15) is 0 Å². The SMILES string of the molecule is Cc1cc(-c2ccccc2)nc(SCCCN2C(=O)c3ccccc3C2=O)n1. The Labute approximate surface area is 167 Å². The Morgan fingerprint density at radius 1 is 0.893 bits per heavy atom. The topological polar surface area (TPSA) is 63.2 Å². The molecule has 0 atom stereocenters. The van der Waals surface area contributed by atoms with Crippen molar-refractivity contribution in [2.24, 2.45) is 0 Å². The number of fused-ring (bicyclic) bond motifs is 1. The van der Waals surface area contributed by atoms with Crippen LogP contribution in [0, 0.1) is 6.92 Å². The van der Waals surface area contributed by atoms with E-state index in [2.05, 4.69) is 9.97 Å². The molecule has 0 saturated carbocycles. The van der Waals surface area contributed by atoms with Gasteiger partial charge in [0.2, 0.25) is 0 Å². The Kier molecular flexibility index (Phi) is 5.21. The van der Waals surface area contributed by atoms with Crippen molar-refractivity contribution >= 4 is 23.6 Å². The minimum atomic E-state index is -0.205. The first kappa shape index (κ1) is 18.4. The Bertz CT molecular complexity index is 1000. The molecule has 1 aromatic heterocycles. The summed E-state index contributed by atoms with van der Waals surface area (Å²) in [7, 11) is 0. The molecule has 5 nitrogen and oxygen atoms in total. The maximum Gasteiger partial charge on any atom is 0.261 e. The fourth-order valence-corrected chi connectivity index (χ4v) is 4.02. The van der Waals surface area contributed by atoms with E-state index in [4.69, 9.17) is 0 Å². The number of aromatic nitrogens is 2. The van der Waals surface area contributed by atoms with Crippen LogP contribution in [-0.4, -0.2) is 39.0 Å². The summed E-state index contributed by atoms with van der Waals surface area (Å²) in [6.07, 6.45) is 0.689. The molecule has 28 heavy (non-hydrogen) atoms. The molecule has 4 rings (SSSR count). The summed E-state index contributed by atoms with van der Waals surface area (Å²) >= 11 is 1.54. The second kappa shape index (κ2) is 7.94. The molecular weight excluding hydrogens is 370 g/mol. The molecule has 0 radical (unpaired) electrons. The fourth-order valence-electron chi connectivity index (χ4n) is 3.19. The fraction of sp³-hybridized carbons (Fsp3) is 0.182. The Hall–Kier alpha value is -2.99. The summed E-state index contributed by atoms with van der Waals surface area (Å²) in [5, 5.41) is 0.709. The van der Waals surface area contributed by atoms with Gasteiger partial charge in [-0.3, -0.25) is 14.5 Å². The molecule has 3 aromatic rings. The van der Waals surface area contributed by atoms with Gasteiger partial charge in [-0.05, 0) is 31.5 Å². The normalized spacial score (nSPS) is 13.1. The number of thioether (sulfide) groups is 1. The van der Waals surface area contributed by atoms with Crippen molar-refractivity contribution in [3.8, 4) is 11.3 Å². The zero-order chi connectivity index (χ0) is 19.5. The lowest BCUT2D eigenvalue weighted by Crippen LogP contribution is -2.31. The van der Waals surface area contributed by atoms with Crippen LogP contribution in [-0.2, 0) is 0 Å². The van der Waals surface area contributed by atoms with E-state index in [1.807, 2.05) is 43.3 Å². The molecule has 0 unspecified atom stereocenters. The first-order valence-corrected chi connectivity index (χ1v) is 10.1. The van der Waals surface area contributed by atoms with Gasteiger partial charge in [0.1, 0.15) is 0 Å². The van der Waals surface area contributed by atoms with Crippen LogP contribution in [0.5, 0.6) is 0 Å². The van der Waals surface area contributed by atoms with Crippen molar-refractivity contribution in [2.75, 3.05) is 12.3 Å². The quantitative estimate of drug-likeness (QED) is 0.273. The van der Waals surface area contributed by atoms with E-state index >= 15 is 0 Å². The maximum atomic E-state index is 12.4. The van der Waals surface area contributed by atoms with Crippen LogP contribution in [0.25, 0.3) is 11.3 Å². The van der Waals surface area contributed by atoms with Crippen LogP contribution in [0.2, 0.25) is 0 Å². The molecule has 1 aliphatic rings. The highest BCUT2D eigenvalue weighted by Crippen LogP contribution is 2.24. The third-order valence-corrected chi connectivity index (χ3v) is 5.47. The number of nitrogens with zero attached hydrogens (tertiary/aromatic N) is 3. The summed E-state index contributed by atoms with van der Waals surface area (Å²) in [6, 6.07) is 18.9. The van der Waals surface area contributed by atoms with Gasteiger partial charge in [-0.25, -0.2) is 9.97 Å². The third kappa shape index (κ3) is 3.68. The number of imide groups is 1. The standard InChI is InChI=1S/C22H19N3O2S/c1-15-14-19(16-8-3-2-4-9-16)24-22(23-15)28-13-7-12-25-20(26)17-10-5-6-11-18(17)21(25)27/h2-6,8-11,14H,7,12-13H2,1H3. The summed E-state index contributed by atoms with van der Waals surface area (Å²) in [4.78, 5) is 35.2. The lowest BCUT2D eigenvalue weighted by Gasteiger charge is -2.13. The van der Waals surface area contributed by atoms with Crippen LogP contribution in [0.4, 0.5) is 0 Å². The van der Waals surface area contributed by atoms with Crippen molar-refractivity contribution in [1.82, 2.24) is 14.9 Å². The Balaban J connectivity index is 1.37. The van der Waals surface area contributed by atoms with Crippen LogP contribution >= 0.6 is 11.8 Å². The zero-order valence-corrected chi connectivity index (χ0v) is 16.3. The Morgan fingerprint density at radius 3 is 2.21 bits per heavy atom. The van der Waals surface area contributed by atoms with Gasteiger partial charge in [0.25, 0.3) is 11.8 Å². The van der Waals surface area contributed by atoms with E-state index in [1.165, 1.54) is 4.90 Å². The predicted molar refractivity (Wildman–Crippen MR) is 109 cm³/mol. The highest BCUT2D eigenvalue weighted by atomic mass is 32.2. The van der Waals surface area contributed by atoms with Gasteiger partial charge in [0.15, 0.2) is 5.16 Å². The molecule has 1 aliphatic heterocycles. The van der Waals surface area contributed by atoms with Gasteiger partial charge < -0.3 is 0 Å². The van der Waals surface area contributed by atoms with Crippen molar-refractivity contribution in [3.05, 3.63) is 77.5 Å². The van der Waals surface area contributed by atoms with E-state index in [1.54, 1.807) is 36.0 Å². The van der Waals surface area contributed by atoms with Gasteiger partial charge in [-0.15, -0.1) is 0 Å². The lowest BCUT2D eigenvalue weighted by atomic mass is 10.1. The highest BCUT2D eigenvalue weighted by Gasteiger charge is 2.34. The summed E-state index contributed by atoms with van der Waals surface area (Å²) in [5.74, 6) is 0.318. The summed E-state index contributed by atoms with van der Waals surface area (Å²) < 4.78 is 0. The van der Waals surface area contributed by atoms with Gasteiger partial charge in [-0.1, -0.05) is 54.2 Å². The molecular formula is C22H19N3O2S. The van der Waals surface area contributed by atoms with E-state index in [9.17, 15) is 9.59 Å². The molecule has 0 spiro atoms. The number of amides is 2. The van der Waals surface area contributed by atoms with Crippen LogP contribution in [0.3, 0.4) is 0 Å². The van der Waals surface area contributed by atoms with Gasteiger partial charge in [0.05, 0.1) is 16.8 Å². The largest absolute Gasteiger partial charge is 0.274 e. The minimum absolute atomic E-state index is 0.205. The smallest absolute Gasteiger partial charge is 0.261 e. The van der Waals surface area contributed by atoms with Crippen molar-refractivity contribution in [3.63, 3.8) is 0 Å². The number of carbonyl (C=O) groups excluding carboxylic acids is 2. The van der Waals surface area contributed by atoms with Crippen molar-refractivity contribution in [1.29, 1.82) is 0 Å². The first-order chi connectivity index (χ1) is 13.6. The Morgan fingerprint density at radius 2 is 1.54 bits per heavy atom. The molecule has 0 bridgehead atoms. The second-order valence-electron chi connectivity index (χ2n) is 6.55. The molecule has 0 N–H and O–H groups in total. The van der Waals surface area contributed by atoms with Crippen molar-refractivity contribution < 1.29 is 9.59 Å². The zero-order valence-electron chi connectivity index (χ0n) is 15.5. The molecule has 0 aliphatic carbocycles. The number of hydrogen-bond acceptors (Lipinski definition) is 5. The molecule has 0 fully saturated rings. The molecule has 2 amide bonds. The minimum Gasteiger partial charge on any atom is -0.274 e. The molecule has 0 saturated heterocycles. The van der Waals surface area contributed by atoms with Crippen LogP contribution in [0.1, 0.15) is 32.8 Å². The second-order valence-corrected chi connectivity index (χ2v) is 7.61. The molecule has 140 valence electrons. The first-order valence-electron chi connectivity index (χ1n) is 9.12. The third-order valence-electron chi connectivity index (χ3n) is 4.54. The van der Waals surface area contributed by atoms with Gasteiger partial charge in [0, 0.05) is 23.6 Å². The van der Waals surface area contributed by atoms with E-state index in [0.717, 1.165) is 22.7 Å².